The summed E-state index contributed by atoms with van der Waals surface area (Å²) in [6.07, 6.45) is -0.0500. The molecule has 7 nitrogen and oxygen atoms in total. The van der Waals surface area contributed by atoms with Crippen molar-refractivity contribution in [3.63, 3.8) is 0 Å². The number of para-hydroxylation sites is 1. The molecule has 2 N–H and O–H groups in total. The number of likely N-dealkylation sites (tertiary alicyclic amines) is 1. The molecule has 29 heavy (non-hydrogen) atoms. The molecular weight excluding hydrogens is 375 g/mol. The van der Waals surface area contributed by atoms with Crippen LogP contribution in [0.1, 0.15) is 39.2 Å². The Balaban J connectivity index is 1.60. The number of carbonyl (C=O) groups is 1. The number of hydrogen-bond acceptors (Lipinski definition) is 5. The Morgan fingerprint density at radius 3 is 2.45 bits per heavy atom. The number of nitrogen functional groups attached to an aromatic ring is 1. The number of anilines is 1. The van der Waals surface area contributed by atoms with Crippen molar-refractivity contribution < 1.29 is 18.7 Å². The standard InChI is InChI=1S/C21H29FN4O3/c1-15-17(23)26(16-8-6-5-7-9-16)24-18(15)28-14-21(22)10-12-25(13-11-21)19(27)29-20(2,3)4/h5-9H,10-14,23H2,1-4H3. The average Bonchev–Trinajstić information content (AvgIpc) is 2.95. The maximum Gasteiger partial charge on any atom is 0.410 e. The summed E-state index contributed by atoms with van der Waals surface area (Å²) in [4.78, 5) is 13.7. The highest BCUT2D eigenvalue weighted by molar-refractivity contribution is 5.68. The van der Waals surface area contributed by atoms with Crippen LogP contribution in [-0.4, -0.2) is 51.7 Å². The molecule has 2 heterocycles. The summed E-state index contributed by atoms with van der Waals surface area (Å²) in [5, 5.41) is 4.40. The van der Waals surface area contributed by atoms with E-state index < -0.39 is 17.4 Å². The molecule has 1 aliphatic heterocycles. The highest BCUT2D eigenvalue weighted by Gasteiger charge is 2.38. The number of nitrogens with two attached hydrogens (primary N) is 1. The van der Waals surface area contributed by atoms with Gasteiger partial charge in [0.1, 0.15) is 23.7 Å². The Labute approximate surface area is 170 Å². The van der Waals surface area contributed by atoms with E-state index in [1.165, 1.54) is 4.90 Å². The van der Waals surface area contributed by atoms with Crippen LogP contribution in [0.15, 0.2) is 30.3 Å². The average molecular weight is 404 g/mol. The zero-order valence-corrected chi connectivity index (χ0v) is 17.4. The Kier molecular flexibility index (Phi) is 5.73. The molecule has 0 spiro atoms. The van der Waals surface area contributed by atoms with Gasteiger partial charge < -0.3 is 20.1 Å². The lowest BCUT2D eigenvalue weighted by Crippen LogP contribution is -2.48. The van der Waals surface area contributed by atoms with Crippen LogP contribution in [0.2, 0.25) is 0 Å². The van der Waals surface area contributed by atoms with Crippen molar-refractivity contribution in [2.45, 2.75) is 51.8 Å². The van der Waals surface area contributed by atoms with E-state index in [9.17, 15) is 4.79 Å². The summed E-state index contributed by atoms with van der Waals surface area (Å²) >= 11 is 0. The summed E-state index contributed by atoms with van der Waals surface area (Å²) < 4.78 is 27.9. The van der Waals surface area contributed by atoms with Crippen molar-refractivity contribution in [1.29, 1.82) is 0 Å². The summed E-state index contributed by atoms with van der Waals surface area (Å²) in [6, 6.07) is 9.46. The molecule has 0 bridgehead atoms. The van der Waals surface area contributed by atoms with E-state index in [0.29, 0.717) is 17.3 Å². The Bertz CT molecular complexity index is 853. The number of hydrogen-bond donors (Lipinski definition) is 1. The molecule has 1 aliphatic rings. The minimum absolute atomic E-state index is 0.138. The topological polar surface area (TPSA) is 82.6 Å². The predicted octanol–water partition coefficient (Wildman–Crippen LogP) is 3.88. The molecule has 0 unspecified atom stereocenters. The van der Waals surface area contributed by atoms with Gasteiger partial charge in [0, 0.05) is 25.9 Å². The Hall–Kier alpha value is -2.77. The van der Waals surface area contributed by atoms with Gasteiger partial charge in [0.25, 0.3) is 0 Å². The first-order chi connectivity index (χ1) is 13.6. The van der Waals surface area contributed by atoms with Crippen LogP contribution >= 0.6 is 0 Å². The molecular formula is C21H29FN4O3. The minimum atomic E-state index is -1.53. The van der Waals surface area contributed by atoms with Gasteiger partial charge in [0.2, 0.25) is 5.88 Å². The number of amides is 1. The second-order valence-electron chi connectivity index (χ2n) is 8.47. The van der Waals surface area contributed by atoms with Crippen molar-refractivity contribution in [2.75, 3.05) is 25.4 Å². The molecule has 0 atom stereocenters. The smallest absolute Gasteiger partial charge is 0.410 e. The van der Waals surface area contributed by atoms with E-state index in [1.54, 1.807) is 11.6 Å². The molecule has 0 radical (unpaired) electrons. The summed E-state index contributed by atoms with van der Waals surface area (Å²) in [7, 11) is 0. The van der Waals surface area contributed by atoms with E-state index in [1.807, 2.05) is 51.1 Å². The first-order valence-electron chi connectivity index (χ1n) is 9.78. The number of alkyl halides is 1. The van der Waals surface area contributed by atoms with Crippen LogP contribution in [0.4, 0.5) is 15.0 Å². The number of halogens is 1. The van der Waals surface area contributed by atoms with E-state index in [2.05, 4.69) is 5.10 Å². The Morgan fingerprint density at radius 2 is 1.86 bits per heavy atom. The molecule has 1 saturated heterocycles. The van der Waals surface area contributed by atoms with Gasteiger partial charge in [-0.05, 0) is 39.8 Å². The van der Waals surface area contributed by atoms with Gasteiger partial charge in [0.15, 0.2) is 0 Å². The lowest BCUT2D eigenvalue weighted by atomic mass is 9.94. The summed E-state index contributed by atoms with van der Waals surface area (Å²) in [6.45, 7) is 7.66. The normalized spacial score (nSPS) is 16.5. The first kappa shape index (κ1) is 21.0. The number of nitrogens with zero attached hydrogens (tertiary/aromatic N) is 3. The van der Waals surface area contributed by atoms with E-state index in [-0.39, 0.29) is 32.5 Å². The van der Waals surface area contributed by atoms with Crippen molar-refractivity contribution in [3.8, 4) is 11.6 Å². The molecule has 158 valence electrons. The second kappa shape index (κ2) is 7.93. The van der Waals surface area contributed by atoms with Gasteiger partial charge in [-0.1, -0.05) is 18.2 Å². The maximum atomic E-state index is 15.2. The number of benzene rings is 1. The molecule has 1 amide bonds. The van der Waals surface area contributed by atoms with Crippen LogP contribution < -0.4 is 10.5 Å². The maximum absolute atomic E-state index is 15.2. The quantitative estimate of drug-likeness (QED) is 0.836. The van der Waals surface area contributed by atoms with Gasteiger partial charge >= 0.3 is 6.09 Å². The van der Waals surface area contributed by atoms with Crippen molar-refractivity contribution in [2.24, 2.45) is 0 Å². The highest BCUT2D eigenvalue weighted by Crippen LogP contribution is 2.31. The fourth-order valence-corrected chi connectivity index (χ4v) is 3.15. The van der Waals surface area contributed by atoms with Gasteiger partial charge in [-0.3, -0.25) is 0 Å². The van der Waals surface area contributed by atoms with Gasteiger partial charge in [-0.15, -0.1) is 5.10 Å². The third kappa shape index (κ3) is 4.99. The van der Waals surface area contributed by atoms with Crippen molar-refractivity contribution in [1.82, 2.24) is 14.7 Å². The van der Waals surface area contributed by atoms with Gasteiger partial charge in [-0.25, -0.2) is 13.9 Å². The van der Waals surface area contributed by atoms with E-state index in [4.69, 9.17) is 15.2 Å². The first-order valence-corrected chi connectivity index (χ1v) is 9.78. The number of piperidine rings is 1. The number of rotatable bonds is 4. The van der Waals surface area contributed by atoms with Crippen LogP contribution in [-0.2, 0) is 4.74 Å². The van der Waals surface area contributed by atoms with Gasteiger partial charge in [0.05, 0.1) is 11.3 Å². The van der Waals surface area contributed by atoms with Crippen LogP contribution in [0.5, 0.6) is 5.88 Å². The number of carbonyl (C=O) groups excluding carboxylic acids is 1. The molecule has 0 aliphatic carbocycles. The summed E-state index contributed by atoms with van der Waals surface area (Å²) in [5.74, 6) is 0.775. The molecule has 0 saturated carbocycles. The fourth-order valence-electron chi connectivity index (χ4n) is 3.15. The number of aromatic nitrogens is 2. The third-order valence-corrected chi connectivity index (χ3v) is 4.90. The van der Waals surface area contributed by atoms with Crippen LogP contribution in [0, 0.1) is 6.92 Å². The second-order valence-corrected chi connectivity index (χ2v) is 8.47. The summed E-state index contributed by atoms with van der Waals surface area (Å²) in [5.41, 5.74) is 5.53. The predicted molar refractivity (Wildman–Crippen MR) is 109 cm³/mol. The Morgan fingerprint density at radius 1 is 1.24 bits per heavy atom. The molecule has 1 aromatic heterocycles. The van der Waals surface area contributed by atoms with E-state index >= 15 is 4.39 Å². The molecule has 8 heteroatoms. The lowest BCUT2D eigenvalue weighted by Gasteiger charge is -2.36. The SMILES string of the molecule is Cc1c(OCC2(F)CCN(C(=O)OC(C)(C)C)CC2)nn(-c2ccccc2)c1N. The molecule has 1 fully saturated rings. The zero-order chi connectivity index (χ0) is 21.2. The zero-order valence-electron chi connectivity index (χ0n) is 17.4. The van der Waals surface area contributed by atoms with Crippen molar-refractivity contribution >= 4 is 11.9 Å². The third-order valence-electron chi connectivity index (χ3n) is 4.90. The molecule has 2 aromatic rings. The molecule has 3 rings (SSSR count). The van der Waals surface area contributed by atoms with Crippen LogP contribution in [0.3, 0.4) is 0 Å². The van der Waals surface area contributed by atoms with Crippen LogP contribution in [0.25, 0.3) is 5.69 Å². The van der Waals surface area contributed by atoms with E-state index in [0.717, 1.165) is 5.69 Å². The highest BCUT2D eigenvalue weighted by atomic mass is 19.1. The minimum Gasteiger partial charge on any atom is -0.473 e. The fraction of sp³-hybridized carbons (Fsp3) is 0.524. The lowest BCUT2D eigenvalue weighted by molar-refractivity contribution is -0.00979. The van der Waals surface area contributed by atoms with Gasteiger partial charge in [-0.2, -0.15) is 0 Å². The largest absolute Gasteiger partial charge is 0.473 e. The number of ether oxygens (including phenoxy) is 2. The molecule has 1 aromatic carbocycles. The van der Waals surface area contributed by atoms with Crippen molar-refractivity contribution in [3.05, 3.63) is 35.9 Å². The monoisotopic (exact) mass is 404 g/mol.